The quantitative estimate of drug-likeness (QED) is 0.642. The molecule has 5 heteroatoms. The van der Waals surface area contributed by atoms with Gasteiger partial charge in [0.05, 0.1) is 12.0 Å². The van der Waals surface area contributed by atoms with E-state index in [0.717, 1.165) is 38.5 Å². The number of carboxylic acid groups (broad SMARTS) is 1. The van der Waals surface area contributed by atoms with E-state index in [1.165, 1.54) is 0 Å². The van der Waals surface area contributed by atoms with Crippen molar-refractivity contribution in [1.82, 2.24) is 5.32 Å². The molecule has 1 rings (SSSR count). The number of amides is 1. The van der Waals surface area contributed by atoms with Gasteiger partial charge in [0.2, 0.25) is 5.91 Å². The Morgan fingerprint density at radius 2 is 2.00 bits per heavy atom. The van der Waals surface area contributed by atoms with Gasteiger partial charge in [-0.1, -0.05) is 12.8 Å². The van der Waals surface area contributed by atoms with Crippen LogP contribution in [0.2, 0.25) is 0 Å². The zero-order valence-electron chi connectivity index (χ0n) is 11.1. The zero-order chi connectivity index (χ0) is 13.6. The fourth-order valence-corrected chi connectivity index (χ4v) is 2.63. The van der Waals surface area contributed by atoms with Crippen molar-refractivity contribution in [2.45, 2.75) is 69.9 Å². The molecule has 0 aromatic carbocycles. The van der Waals surface area contributed by atoms with Crippen molar-refractivity contribution in [1.29, 1.82) is 0 Å². The first-order valence-electron chi connectivity index (χ1n) is 6.72. The van der Waals surface area contributed by atoms with Gasteiger partial charge in [0, 0.05) is 12.5 Å². The molecule has 18 heavy (non-hydrogen) atoms. The van der Waals surface area contributed by atoms with Crippen LogP contribution < -0.4 is 11.1 Å². The molecular weight excluding hydrogens is 232 g/mol. The number of nitrogens with two attached hydrogens (primary N) is 1. The van der Waals surface area contributed by atoms with E-state index in [0.29, 0.717) is 6.42 Å². The molecule has 4 N–H and O–H groups in total. The maximum absolute atomic E-state index is 11.8. The van der Waals surface area contributed by atoms with Gasteiger partial charge in [-0.15, -0.1) is 0 Å². The van der Waals surface area contributed by atoms with Crippen LogP contribution >= 0.6 is 0 Å². The summed E-state index contributed by atoms with van der Waals surface area (Å²) in [7, 11) is 0. The average Bonchev–Trinajstić information content (AvgIpc) is 2.64. The number of carbonyl (C=O) groups excluding carboxylic acids is 1. The number of carboxylic acids is 1. The molecule has 0 aromatic heterocycles. The Kier molecular flexibility index (Phi) is 5.59. The third kappa shape index (κ3) is 5.04. The van der Waals surface area contributed by atoms with Gasteiger partial charge >= 0.3 is 5.97 Å². The number of hydrogen-bond acceptors (Lipinski definition) is 3. The molecule has 0 saturated heterocycles. The first-order chi connectivity index (χ1) is 8.43. The van der Waals surface area contributed by atoms with E-state index < -0.39 is 11.5 Å². The summed E-state index contributed by atoms with van der Waals surface area (Å²) in [4.78, 5) is 22.7. The van der Waals surface area contributed by atoms with Crippen molar-refractivity contribution in [2.75, 3.05) is 0 Å². The van der Waals surface area contributed by atoms with E-state index >= 15 is 0 Å². The fourth-order valence-electron chi connectivity index (χ4n) is 2.63. The number of carbonyl (C=O) groups is 2. The Morgan fingerprint density at radius 3 is 2.50 bits per heavy atom. The maximum Gasteiger partial charge on any atom is 0.305 e. The van der Waals surface area contributed by atoms with E-state index in [9.17, 15) is 9.59 Å². The summed E-state index contributed by atoms with van der Waals surface area (Å²) >= 11 is 0. The summed E-state index contributed by atoms with van der Waals surface area (Å²) in [5.74, 6) is -0.883. The average molecular weight is 256 g/mol. The highest BCUT2D eigenvalue weighted by atomic mass is 16.4. The van der Waals surface area contributed by atoms with Crippen LogP contribution in [0.3, 0.4) is 0 Å². The Hall–Kier alpha value is -1.10. The van der Waals surface area contributed by atoms with E-state index in [2.05, 4.69) is 5.32 Å². The van der Waals surface area contributed by atoms with Crippen molar-refractivity contribution >= 4 is 11.9 Å². The molecule has 0 bridgehead atoms. The molecule has 1 amide bonds. The predicted octanol–water partition coefficient (Wildman–Crippen LogP) is 1.41. The highest BCUT2D eigenvalue weighted by Gasteiger charge is 2.37. The second kappa shape index (κ2) is 6.73. The third-order valence-electron chi connectivity index (χ3n) is 3.52. The van der Waals surface area contributed by atoms with Crippen molar-refractivity contribution in [3.05, 3.63) is 0 Å². The van der Waals surface area contributed by atoms with E-state index in [1.807, 2.05) is 6.92 Å². The molecule has 1 fully saturated rings. The lowest BCUT2D eigenvalue weighted by atomic mass is 9.93. The fraction of sp³-hybridized carbons (Fsp3) is 0.846. The van der Waals surface area contributed by atoms with Gasteiger partial charge in [-0.25, -0.2) is 0 Å². The number of nitrogens with one attached hydrogen (secondary N) is 1. The SMILES string of the molecule is CC(N)CCCC(=O)NC1(CC(=O)O)CCCC1. The zero-order valence-corrected chi connectivity index (χ0v) is 11.1. The van der Waals surface area contributed by atoms with Crippen LogP contribution in [0.5, 0.6) is 0 Å². The lowest BCUT2D eigenvalue weighted by Crippen LogP contribution is -2.47. The number of aliphatic carboxylic acids is 1. The van der Waals surface area contributed by atoms with Crippen molar-refractivity contribution < 1.29 is 14.7 Å². The standard InChI is InChI=1S/C13H24N2O3/c1-10(14)5-4-6-11(16)15-13(9-12(17)18)7-2-3-8-13/h10H,2-9,14H2,1H3,(H,15,16)(H,17,18). The molecule has 0 aromatic rings. The summed E-state index contributed by atoms with van der Waals surface area (Å²) in [6.07, 6.45) is 5.58. The molecule has 1 atom stereocenters. The second-order valence-electron chi connectivity index (χ2n) is 5.48. The highest BCUT2D eigenvalue weighted by Crippen LogP contribution is 2.32. The largest absolute Gasteiger partial charge is 0.481 e. The van der Waals surface area contributed by atoms with Crippen LogP contribution in [0.4, 0.5) is 0 Å². The minimum absolute atomic E-state index is 0.0338. The van der Waals surface area contributed by atoms with Crippen molar-refractivity contribution in [3.8, 4) is 0 Å². The van der Waals surface area contributed by atoms with Crippen LogP contribution in [0.1, 0.15) is 58.3 Å². The maximum atomic E-state index is 11.8. The minimum Gasteiger partial charge on any atom is -0.481 e. The summed E-state index contributed by atoms with van der Waals surface area (Å²) in [6, 6.07) is 0.109. The topological polar surface area (TPSA) is 92.4 Å². The van der Waals surface area contributed by atoms with E-state index in [-0.39, 0.29) is 18.4 Å². The smallest absolute Gasteiger partial charge is 0.305 e. The van der Waals surface area contributed by atoms with Gasteiger partial charge < -0.3 is 16.2 Å². The molecule has 0 aliphatic heterocycles. The summed E-state index contributed by atoms with van der Waals surface area (Å²) in [6.45, 7) is 1.92. The van der Waals surface area contributed by atoms with Gasteiger partial charge in [-0.2, -0.15) is 0 Å². The van der Waals surface area contributed by atoms with Crippen LogP contribution in [0.15, 0.2) is 0 Å². The normalized spacial score (nSPS) is 19.4. The van der Waals surface area contributed by atoms with Crippen molar-refractivity contribution in [2.24, 2.45) is 5.73 Å². The summed E-state index contributed by atoms with van der Waals surface area (Å²) in [5, 5.41) is 11.9. The molecule has 1 aliphatic rings. The summed E-state index contributed by atoms with van der Waals surface area (Å²) < 4.78 is 0. The molecule has 0 radical (unpaired) electrons. The van der Waals surface area contributed by atoms with Gasteiger partial charge in [0.25, 0.3) is 0 Å². The Morgan fingerprint density at radius 1 is 1.39 bits per heavy atom. The first-order valence-corrected chi connectivity index (χ1v) is 6.72. The van der Waals surface area contributed by atoms with Gasteiger partial charge in [-0.05, 0) is 32.6 Å². The van der Waals surface area contributed by atoms with Gasteiger partial charge in [-0.3, -0.25) is 9.59 Å². The lowest BCUT2D eigenvalue weighted by molar-refractivity contribution is -0.139. The molecule has 5 nitrogen and oxygen atoms in total. The molecule has 1 aliphatic carbocycles. The Labute approximate surface area is 108 Å². The monoisotopic (exact) mass is 256 g/mol. The summed E-state index contributed by atoms with van der Waals surface area (Å²) in [5.41, 5.74) is 5.12. The number of rotatable bonds is 7. The minimum atomic E-state index is -0.840. The lowest BCUT2D eigenvalue weighted by Gasteiger charge is -2.28. The third-order valence-corrected chi connectivity index (χ3v) is 3.52. The van der Waals surface area contributed by atoms with Crippen LogP contribution in [0.25, 0.3) is 0 Å². The second-order valence-corrected chi connectivity index (χ2v) is 5.48. The Bertz CT molecular complexity index is 297. The molecule has 0 spiro atoms. The predicted molar refractivity (Wildman–Crippen MR) is 69.1 cm³/mol. The van der Waals surface area contributed by atoms with Crippen LogP contribution in [-0.2, 0) is 9.59 Å². The first kappa shape index (κ1) is 15.0. The molecule has 1 unspecified atom stereocenters. The van der Waals surface area contributed by atoms with E-state index in [4.69, 9.17) is 10.8 Å². The molecular formula is C13H24N2O3. The van der Waals surface area contributed by atoms with Crippen molar-refractivity contribution in [3.63, 3.8) is 0 Å². The van der Waals surface area contributed by atoms with Gasteiger partial charge in [0.1, 0.15) is 0 Å². The molecule has 104 valence electrons. The van der Waals surface area contributed by atoms with Gasteiger partial charge in [0.15, 0.2) is 0 Å². The Balaban J connectivity index is 2.41. The molecule has 1 saturated carbocycles. The van der Waals surface area contributed by atoms with Crippen LogP contribution in [-0.4, -0.2) is 28.6 Å². The van der Waals surface area contributed by atoms with Crippen LogP contribution in [0, 0.1) is 0 Å². The molecule has 0 heterocycles. The van der Waals surface area contributed by atoms with E-state index in [1.54, 1.807) is 0 Å². The highest BCUT2D eigenvalue weighted by molar-refractivity contribution is 5.78. The number of hydrogen-bond donors (Lipinski definition) is 3.